The van der Waals surface area contributed by atoms with Crippen LogP contribution in [-0.2, 0) is 12.8 Å². The molecular weight excluding hydrogens is 357 g/mol. The van der Waals surface area contributed by atoms with Gasteiger partial charge in [-0.1, -0.05) is 0 Å². The van der Waals surface area contributed by atoms with E-state index in [0.717, 1.165) is 0 Å². The van der Waals surface area contributed by atoms with Crippen molar-refractivity contribution in [3.63, 3.8) is 0 Å². The second-order valence-electron chi connectivity index (χ2n) is 6.47. The summed E-state index contributed by atoms with van der Waals surface area (Å²) in [6.07, 6.45) is 9.58. The number of fused-ring (bicyclic) bond motifs is 1. The van der Waals surface area contributed by atoms with Gasteiger partial charge in [-0.05, 0) is 0 Å². The van der Waals surface area contributed by atoms with Gasteiger partial charge in [0.1, 0.15) is 0 Å². The maximum absolute atomic E-state index is 4.95. The summed E-state index contributed by atoms with van der Waals surface area (Å²) in [6, 6.07) is 17.4. The van der Waals surface area contributed by atoms with Gasteiger partial charge in [-0.2, -0.15) is 0 Å². The summed E-state index contributed by atoms with van der Waals surface area (Å²) in [5, 5.41) is 0. The fraction of sp³-hybridized carbons (Fsp3) is 0.227. The molecule has 0 unspecified atom stereocenters. The van der Waals surface area contributed by atoms with Crippen molar-refractivity contribution in [3.05, 3.63) is 75.2 Å². The topological polar surface area (TPSA) is 12.9 Å². The minimum absolute atomic E-state index is 0.332. The first-order valence-electron chi connectivity index (χ1n) is 8.63. The van der Waals surface area contributed by atoms with Crippen molar-refractivity contribution in [3.8, 4) is 11.3 Å². The Morgan fingerprint density at radius 1 is 0.917 bits per heavy atom. The van der Waals surface area contributed by atoms with E-state index in [2.05, 4.69) is 67.6 Å². The van der Waals surface area contributed by atoms with Gasteiger partial charge in [0, 0.05) is 0 Å². The maximum atomic E-state index is 4.95. The van der Waals surface area contributed by atoms with Gasteiger partial charge in [0.05, 0.1) is 0 Å². The number of rotatable bonds is 3. The van der Waals surface area contributed by atoms with Crippen LogP contribution in [0.25, 0.3) is 23.4 Å². The molecule has 0 atom stereocenters. The zero-order chi connectivity index (χ0) is 16.4. The number of benzene rings is 2. The Morgan fingerprint density at radius 3 is 2.58 bits per heavy atom. The molecule has 0 amide bonds. The van der Waals surface area contributed by atoms with Crippen LogP contribution in [0.5, 0.6) is 0 Å². The van der Waals surface area contributed by atoms with Crippen molar-refractivity contribution in [1.29, 1.82) is 0 Å². The standard InChI is InChI=1S/C22H21NSe/c1-16-10-12-17(13-11-16)14-15-18-6-2-3-7-19(18)22-20-8-4-5-9-21(20)24-23-22/h2-3,6-7,10-15H,4-5,8-9H2,1H3/b15-14+. The van der Waals surface area contributed by atoms with Crippen LogP contribution in [-0.4, -0.2) is 18.7 Å². The van der Waals surface area contributed by atoms with Crippen LogP contribution in [0.4, 0.5) is 0 Å². The second kappa shape index (κ2) is 6.93. The van der Waals surface area contributed by atoms with Gasteiger partial charge in [-0.3, -0.25) is 0 Å². The molecule has 0 aliphatic heterocycles. The quantitative estimate of drug-likeness (QED) is 0.453. The van der Waals surface area contributed by atoms with Gasteiger partial charge in [-0.25, -0.2) is 0 Å². The molecule has 1 nitrogen and oxygen atoms in total. The van der Waals surface area contributed by atoms with E-state index in [0.29, 0.717) is 14.7 Å². The Morgan fingerprint density at radius 2 is 1.71 bits per heavy atom. The molecule has 0 fully saturated rings. The summed E-state index contributed by atoms with van der Waals surface area (Å²) in [6.45, 7) is 2.12. The summed E-state index contributed by atoms with van der Waals surface area (Å²) >= 11 is 0.332. The van der Waals surface area contributed by atoms with E-state index >= 15 is 0 Å². The number of hydrogen-bond acceptors (Lipinski definition) is 1. The van der Waals surface area contributed by atoms with Crippen LogP contribution in [0.2, 0.25) is 0 Å². The Hall–Kier alpha value is -1.89. The SMILES string of the molecule is Cc1ccc(/C=C/c2ccccc2-c2n[se]c3c2CCCC3)cc1. The van der Waals surface area contributed by atoms with Crippen LogP contribution in [0.1, 0.15) is 39.5 Å². The Labute approximate surface area is 150 Å². The first-order chi connectivity index (χ1) is 11.8. The number of aromatic nitrogens is 1. The van der Waals surface area contributed by atoms with E-state index in [1.165, 1.54) is 53.6 Å². The van der Waals surface area contributed by atoms with E-state index in [-0.39, 0.29) is 0 Å². The van der Waals surface area contributed by atoms with Crippen molar-refractivity contribution in [2.75, 3.05) is 0 Å². The molecule has 4 rings (SSSR count). The van der Waals surface area contributed by atoms with Crippen LogP contribution in [0.3, 0.4) is 0 Å². The normalized spacial score (nSPS) is 14.0. The molecule has 120 valence electrons. The number of nitrogens with zero attached hydrogens (tertiary/aromatic N) is 1. The Kier molecular flexibility index (Phi) is 4.51. The van der Waals surface area contributed by atoms with E-state index < -0.39 is 0 Å². The second-order valence-corrected chi connectivity index (χ2v) is 8.27. The molecule has 24 heavy (non-hydrogen) atoms. The third kappa shape index (κ3) is 3.17. The summed E-state index contributed by atoms with van der Waals surface area (Å²) in [4.78, 5) is 0. The zero-order valence-electron chi connectivity index (χ0n) is 14.0. The molecular formula is C22H21NSe. The summed E-state index contributed by atoms with van der Waals surface area (Å²) in [5.41, 5.74) is 7.94. The molecule has 1 heterocycles. The summed E-state index contributed by atoms with van der Waals surface area (Å²) < 4.78 is 6.59. The molecule has 0 saturated carbocycles. The van der Waals surface area contributed by atoms with Gasteiger partial charge >= 0.3 is 150 Å². The van der Waals surface area contributed by atoms with Gasteiger partial charge in [0.2, 0.25) is 0 Å². The van der Waals surface area contributed by atoms with Gasteiger partial charge in [-0.15, -0.1) is 0 Å². The third-order valence-corrected chi connectivity index (χ3v) is 6.68. The third-order valence-electron chi connectivity index (χ3n) is 4.70. The average Bonchev–Trinajstić information content (AvgIpc) is 3.05. The van der Waals surface area contributed by atoms with E-state index in [9.17, 15) is 0 Å². The fourth-order valence-electron chi connectivity index (χ4n) is 3.32. The van der Waals surface area contributed by atoms with Crippen molar-refractivity contribution in [2.24, 2.45) is 0 Å². The number of aryl methyl sites for hydroxylation is 2. The summed E-state index contributed by atoms with van der Waals surface area (Å²) in [5.74, 6) is 0. The molecule has 2 aromatic carbocycles. The molecule has 1 aliphatic carbocycles. The number of hydrogen-bond donors (Lipinski definition) is 0. The molecule has 1 aliphatic rings. The van der Waals surface area contributed by atoms with Crippen molar-refractivity contribution < 1.29 is 0 Å². The van der Waals surface area contributed by atoms with Crippen molar-refractivity contribution >= 4 is 26.9 Å². The van der Waals surface area contributed by atoms with Crippen molar-refractivity contribution in [2.45, 2.75) is 32.6 Å². The predicted octanol–water partition coefficient (Wildman–Crippen LogP) is 5.16. The van der Waals surface area contributed by atoms with Crippen LogP contribution < -0.4 is 0 Å². The molecule has 0 radical (unpaired) electrons. The molecule has 1 aromatic heterocycles. The first-order valence-corrected chi connectivity index (χ1v) is 10.2. The van der Waals surface area contributed by atoms with E-state index in [1.54, 1.807) is 10.0 Å². The van der Waals surface area contributed by atoms with Crippen LogP contribution in [0, 0.1) is 6.92 Å². The van der Waals surface area contributed by atoms with Gasteiger partial charge in [0.15, 0.2) is 0 Å². The van der Waals surface area contributed by atoms with Crippen LogP contribution >= 0.6 is 0 Å². The molecule has 0 spiro atoms. The molecule has 0 N–H and O–H groups in total. The Balaban J connectivity index is 1.71. The Bertz CT molecular complexity index is 871. The first kappa shape index (κ1) is 15.6. The molecule has 0 bridgehead atoms. The van der Waals surface area contributed by atoms with E-state index in [1.807, 2.05) is 0 Å². The van der Waals surface area contributed by atoms with E-state index in [4.69, 9.17) is 3.98 Å². The molecule has 2 heteroatoms. The minimum atomic E-state index is 0.332. The zero-order valence-corrected chi connectivity index (χ0v) is 15.7. The fourth-order valence-corrected chi connectivity index (χ4v) is 5.32. The van der Waals surface area contributed by atoms with Gasteiger partial charge < -0.3 is 0 Å². The summed E-state index contributed by atoms with van der Waals surface area (Å²) in [7, 11) is 0. The molecule has 3 aromatic rings. The van der Waals surface area contributed by atoms with Crippen LogP contribution in [0.15, 0.2) is 48.5 Å². The predicted molar refractivity (Wildman–Crippen MR) is 103 cm³/mol. The molecule has 0 saturated heterocycles. The average molecular weight is 378 g/mol. The monoisotopic (exact) mass is 379 g/mol. The van der Waals surface area contributed by atoms with Gasteiger partial charge in [0.25, 0.3) is 0 Å². The van der Waals surface area contributed by atoms with Crippen molar-refractivity contribution in [1.82, 2.24) is 3.98 Å².